The molecule has 3 aromatic rings. The maximum Gasteiger partial charge on any atom is 0.433 e. The van der Waals surface area contributed by atoms with Crippen LogP contribution in [0.2, 0.25) is 0 Å². The Labute approximate surface area is 149 Å². The van der Waals surface area contributed by atoms with Crippen LogP contribution in [-0.4, -0.2) is 20.4 Å². The van der Waals surface area contributed by atoms with E-state index in [0.29, 0.717) is 5.95 Å². The highest BCUT2D eigenvalue weighted by Crippen LogP contribution is 2.34. The van der Waals surface area contributed by atoms with Crippen LogP contribution in [0, 0.1) is 10.1 Å². The molecule has 0 spiro atoms. The van der Waals surface area contributed by atoms with E-state index in [1.807, 2.05) is 24.3 Å². The summed E-state index contributed by atoms with van der Waals surface area (Å²) in [6, 6.07) is 10.5. The van der Waals surface area contributed by atoms with Crippen molar-refractivity contribution in [2.45, 2.75) is 38.1 Å². The Kier molecular flexibility index (Phi) is 4.16. The van der Waals surface area contributed by atoms with Gasteiger partial charge in [-0.3, -0.25) is 20.2 Å². The lowest BCUT2D eigenvalue weighted by Crippen LogP contribution is -2.19. The fourth-order valence-electron chi connectivity index (χ4n) is 3.55. The molecule has 4 rings (SSSR count). The molecule has 1 aliphatic carbocycles. The number of carbonyl (C=O) groups excluding carboxylic acids is 1. The zero-order chi connectivity index (χ0) is 18.1. The van der Waals surface area contributed by atoms with E-state index < -0.39 is 16.7 Å². The number of aromatic nitrogens is 2. The summed E-state index contributed by atoms with van der Waals surface area (Å²) in [6.45, 7) is 0. The Morgan fingerprint density at radius 1 is 1.19 bits per heavy atom. The largest absolute Gasteiger partial charge is 0.433 e. The van der Waals surface area contributed by atoms with Gasteiger partial charge in [-0.15, -0.1) is 0 Å². The second-order valence-electron chi connectivity index (χ2n) is 6.44. The van der Waals surface area contributed by atoms with Gasteiger partial charge in [-0.2, -0.15) is 0 Å². The van der Waals surface area contributed by atoms with Gasteiger partial charge in [0, 0.05) is 6.04 Å². The third kappa shape index (κ3) is 2.94. The fraction of sp³-hybridized carbons (Fsp3) is 0.333. The smallest absolute Gasteiger partial charge is 0.395 e. The highest BCUT2D eigenvalue weighted by Gasteiger charge is 2.24. The lowest BCUT2D eigenvalue weighted by atomic mass is 9.95. The summed E-state index contributed by atoms with van der Waals surface area (Å²) in [5.41, 5.74) is 1.78. The van der Waals surface area contributed by atoms with Crippen LogP contribution in [-0.2, 0) is 0 Å². The number of nitrogens with one attached hydrogen (secondary N) is 1. The lowest BCUT2D eigenvalue weighted by molar-refractivity contribution is -0.402. The number of para-hydroxylation sites is 2. The maximum atomic E-state index is 12.5. The minimum absolute atomic E-state index is 0.112. The van der Waals surface area contributed by atoms with E-state index in [2.05, 4.69) is 14.9 Å². The first kappa shape index (κ1) is 16.3. The number of rotatable bonds is 4. The van der Waals surface area contributed by atoms with Crippen LogP contribution in [0.3, 0.4) is 0 Å². The van der Waals surface area contributed by atoms with E-state index in [4.69, 9.17) is 4.42 Å². The Balaban J connectivity index is 1.68. The van der Waals surface area contributed by atoms with Gasteiger partial charge in [-0.05, 0) is 31.0 Å². The number of benzene rings is 1. The first-order valence-corrected chi connectivity index (χ1v) is 8.66. The van der Waals surface area contributed by atoms with Gasteiger partial charge < -0.3 is 8.98 Å². The average Bonchev–Trinajstić information content (AvgIpc) is 3.27. The Morgan fingerprint density at radius 3 is 2.69 bits per heavy atom. The van der Waals surface area contributed by atoms with Crippen LogP contribution in [0.5, 0.6) is 0 Å². The quantitative estimate of drug-likeness (QED) is 0.556. The number of nitro groups is 1. The summed E-state index contributed by atoms with van der Waals surface area (Å²) in [6.07, 6.45) is 5.59. The SMILES string of the molecule is O=C(Nc1nc2ccccc2n1C1CCCCC1)c1ccc([N+](=O)[O-])o1. The topological polar surface area (TPSA) is 103 Å². The van der Waals surface area contributed by atoms with E-state index in [0.717, 1.165) is 36.7 Å². The summed E-state index contributed by atoms with van der Waals surface area (Å²) in [4.78, 5) is 27.1. The average molecular weight is 354 g/mol. The number of furan rings is 1. The number of hydrogen-bond acceptors (Lipinski definition) is 5. The second kappa shape index (κ2) is 6.62. The fourth-order valence-corrected chi connectivity index (χ4v) is 3.55. The minimum atomic E-state index is -0.673. The van der Waals surface area contributed by atoms with Crippen LogP contribution < -0.4 is 5.32 Å². The number of carbonyl (C=O) groups is 1. The molecule has 0 atom stereocenters. The van der Waals surface area contributed by atoms with Crippen LogP contribution in [0.25, 0.3) is 11.0 Å². The van der Waals surface area contributed by atoms with Crippen LogP contribution in [0.15, 0.2) is 40.8 Å². The van der Waals surface area contributed by atoms with Crippen molar-refractivity contribution in [3.05, 3.63) is 52.3 Å². The van der Waals surface area contributed by atoms with Gasteiger partial charge in [-0.25, -0.2) is 4.98 Å². The zero-order valence-corrected chi connectivity index (χ0v) is 14.1. The van der Waals surface area contributed by atoms with E-state index >= 15 is 0 Å². The highest BCUT2D eigenvalue weighted by atomic mass is 16.6. The van der Waals surface area contributed by atoms with Crippen molar-refractivity contribution in [2.24, 2.45) is 0 Å². The Hall–Kier alpha value is -3.16. The third-order valence-corrected chi connectivity index (χ3v) is 4.76. The number of anilines is 1. The molecule has 0 saturated heterocycles. The number of nitrogens with zero attached hydrogens (tertiary/aromatic N) is 3. The molecule has 8 heteroatoms. The second-order valence-corrected chi connectivity index (χ2v) is 6.44. The van der Waals surface area contributed by atoms with E-state index in [1.54, 1.807) is 0 Å². The lowest BCUT2D eigenvalue weighted by Gasteiger charge is -2.25. The van der Waals surface area contributed by atoms with Gasteiger partial charge in [0.15, 0.2) is 5.76 Å². The molecule has 0 radical (unpaired) electrons. The van der Waals surface area contributed by atoms with Gasteiger partial charge in [0.1, 0.15) is 4.92 Å². The molecule has 134 valence electrons. The monoisotopic (exact) mass is 354 g/mol. The van der Waals surface area contributed by atoms with Gasteiger partial charge in [-0.1, -0.05) is 31.4 Å². The summed E-state index contributed by atoms with van der Waals surface area (Å²) in [7, 11) is 0. The Bertz CT molecular complexity index is 969. The molecule has 8 nitrogen and oxygen atoms in total. The van der Waals surface area contributed by atoms with Crippen molar-refractivity contribution in [2.75, 3.05) is 5.32 Å². The molecule has 1 fully saturated rings. The van der Waals surface area contributed by atoms with E-state index in [9.17, 15) is 14.9 Å². The first-order chi connectivity index (χ1) is 12.6. The predicted molar refractivity (Wildman–Crippen MR) is 95.2 cm³/mol. The van der Waals surface area contributed by atoms with Crippen molar-refractivity contribution in [3.63, 3.8) is 0 Å². The summed E-state index contributed by atoms with van der Waals surface area (Å²) < 4.78 is 7.06. The minimum Gasteiger partial charge on any atom is -0.395 e. The molecule has 1 aliphatic rings. The predicted octanol–water partition coefficient (Wildman–Crippen LogP) is 4.30. The number of hydrogen-bond donors (Lipinski definition) is 1. The van der Waals surface area contributed by atoms with Crippen molar-refractivity contribution in [1.29, 1.82) is 0 Å². The molecule has 0 aliphatic heterocycles. The maximum absolute atomic E-state index is 12.5. The molecule has 2 aromatic heterocycles. The first-order valence-electron chi connectivity index (χ1n) is 8.66. The van der Waals surface area contributed by atoms with Crippen LogP contribution in [0.1, 0.15) is 48.7 Å². The standard InChI is InChI=1S/C18H18N4O4/c23-17(15-10-11-16(26-15)22(24)25)20-18-19-13-8-4-5-9-14(13)21(18)12-6-2-1-3-7-12/h4-5,8-12H,1-3,6-7H2,(H,19,20,23). The van der Waals surface area contributed by atoms with E-state index in [-0.39, 0.29) is 11.8 Å². The third-order valence-electron chi connectivity index (χ3n) is 4.76. The van der Waals surface area contributed by atoms with Crippen molar-refractivity contribution in [3.8, 4) is 0 Å². The van der Waals surface area contributed by atoms with Gasteiger partial charge in [0.05, 0.1) is 17.1 Å². The molecule has 26 heavy (non-hydrogen) atoms. The normalized spacial score (nSPS) is 15.2. The molecule has 0 unspecified atom stereocenters. The van der Waals surface area contributed by atoms with Crippen LogP contribution >= 0.6 is 0 Å². The van der Waals surface area contributed by atoms with Gasteiger partial charge >= 0.3 is 5.88 Å². The molecule has 1 saturated carbocycles. The van der Waals surface area contributed by atoms with Crippen LogP contribution in [0.4, 0.5) is 11.8 Å². The molecule has 1 N–H and O–H groups in total. The molecular formula is C18H18N4O4. The zero-order valence-electron chi connectivity index (χ0n) is 14.1. The number of amides is 1. The molecule has 1 aromatic carbocycles. The van der Waals surface area contributed by atoms with Crippen molar-refractivity contribution >= 4 is 28.8 Å². The summed E-state index contributed by atoms with van der Waals surface area (Å²) in [5.74, 6) is -0.678. The molecular weight excluding hydrogens is 336 g/mol. The summed E-state index contributed by atoms with van der Waals surface area (Å²) >= 11 is 0. The van der Waals surface area contributed by atoms with Gasteiger partial charge in [0.2, 0.25) is 5.95 Å². The number of imidazole rings is 1. The van der Waals surface area contributed by atoms with E-state index in [1.165, 1.54) is 18.6 Å². The molecule has 2 heterocycles. The molecule has 0 bridgehead atoms. The highest BCUT2D eigenvalue weighted by molar-refractivity contribution is 6.02. The van der Waals surface area contributed by atoms with Crippen molar-refractivity contribution < 1.29 is 14.1 Å². The van der Waals surface area contributed by atoms with Crippen molar-refractivity contribution in [1.82, 2.24) is 9.55 Å². The summed E-state index contributed by atoms with van der Waals surface area (Å²) in [5, 5.41) is 13.5. The molecule has 1 amide bonds. The number of fused-ring (bicyclic) bond motifs is 1. The van der Waals surface area contributed by atoms with Gasteiger partial charge in [0.25, 0.3) is 5.91 Å². The Morgan fingerprint density at radius 2 is 1.96 bits per heavy atom.